The Morgan fingerprint density at radius 2 is 1.92 bits per heavy atom. The zero-order valence-electron chi connectivity index (χ0n) is 22.6. The van der Waals surface area contributed by atoms with Gasteiger partial charge in [-0.1, -0.05) is 6.07 Å². The number of benzene rings is 1. The molecule has 12 heteroatoms. The Balaban J connectivity index is 1.57. The lowest BCUT2D eigenvalue weighted by molar-refractivity contribution is -0.125. The van der Waals surface area contributed by atoms with E-state index < -0.39 is 24.0 Å². The maximum Gasteiger partial charge on any atom is 0.272 e. The first kappa shape index (κ1) is 28.1. The molecule has 0 saturated heterocycles. The fourth-order valence-corrected chi connectivity index (χ4v) is 4.88. The number of hydrogen-bond donors (Lipinski definition) is 4. The van der Waals surface area contributed by atoms with Crippen molar-refractivity contribution in [2.45, 2.75) is 51.7 Å². The number of aliphatic hydroxyl groups is 1. The monoisotopic (exact) mass is 540 g/mol. The van der Waals surface area contributed by atoms with Gasteiger partial charge in [0.05, 0.1) is 24.9 Å². The van der Waals surface area contributed by atoms with Crippen LogP contribution in [-0.2, 0) is 29.5 Å². The van der Waals surface area contributed by atoms with E-state index in [4.69, 9.17) is 4.74 Å². The molecule has 2 heterocycles. The van der Waals surface area contributed by atoms with E-state index in [0.717, 1.165) is 42.5 Å². The molecule has 1 aromatic carbocycles. The van der Waals surface area contributed by atoms with E-state index in [0.29, 0.717) is 11.4 Å². The number of amides is 4. The first-order valence-electron chi connectivity index (χ1n) is 13.3. The van der Waals surface area contributed by atoms with Crippen molar-refractivity contribution in [3.63, 3.8) is 0 Å². The molecule has 0 fully saturated rings. The normalized spacial score (nSPS) is 20.1. The van der Waals surface area contributed by atoms with E-state index in [1.165, 1.54) is 11.8 Å². The van der Waals surface area contributed by atoms with Crippen molar-refractivity contribution in [1.82, 2.24) is 30.6 Å². The molecule has 2 atom stereocenters. The van der Waals surface area contributed by atoms with Crippen molar-refractivity contribution in [3.8, 4) is 5.75 Å². The first-order chi connectivity index (χ1) is 18.7. The molecule has 4 N–H and O–H groups in total. The van der Waals surface area contributed by atoms with E-state index >= 15 is 0 Å². The van der Waals surface area contributed by atoms with E-state index in [-0.39, 0.29) is 50.2 Å². The van der Waals surface area contributed by atoms with Crippen LogP contribution in [-0.4, -0.2) is 88.3 Å². The third-order valence-electron chi connectivity index (χ3n) is 7.01. The van der Waals surface area contributed by atoms with Crippen molar-refractivity contribution in [2.75, 3.05) is 32.8 Å². The summed E-state index contributed by atoms with van der Waals surface area (Å²) in [5.74, 6) is -1.42. The Morgan fingerprint density at radius 3 is 2.69 bits per heavy atom. The molecule has 2 aliphatic rings. The molecule has 4 amide bonds. The van der Waals surface area contributed by atoms with Gasteiger partial charge in [0, 0.05) is 31.3 Å². The molecule has 0 unspecified atom stereocenters. The second-order valence-electron chi connectivity index (χ2n) is 9.99. The number of hydrogen-bond acceptors (Lipinski definition) is 7. The lowest BCUT2D eigenvalue weighted by Crippen LogP contribution is -2.53. The lowest BCUT2D eigenvalue weighted by Gasteiger charge is -2.25. The number of aliphatic hydroxyl groups excluding tert-OH is 1. The fraction of sp³-hybridized carbons (Fsp3) is 0.519. The average Bonchev–Trinajstić information content (AvgIpc) is 3.24. The highest BCUT2D eigenvalue weighted by atomic mass is 16.5. The van der Waals surface area contributed by atoms with E-state index in [9.17, 15) is 24.3 Å². The minimum atomic E-state index is -1.23. The van der Waals surface area contributed by atoms with Crippen LogP contribution in [0.4, 0.5) is 0 Å². The second kappa shape index (κ2) is 12.3. The van der Waals surface area contributed by atoms with Crippen LogP contribution in [0.1, 0.15) is 57.4 Å². The summed E-state index contributed by atoms with van der Waals surface area (Å²) in [6.45, 7) is 3.40. The van der Waals surface area contributed by atoms with E-state index in [1.807, 2.05) is 6.92 Å². The summed E-state index contributed by atoms with van der Waals surface area (Å²) in [6, 6.07) is 3.65. The highest BCUT2D eigenvalue weighted by Crippen LogP contribution is 2.25. The van der Waals surface area contributed by atoms with Crippen LogP contribution in [0.5, 0.6) is 5.75 Å². The molecule has 1 aromatic heterocycles. The molecular weight excluding hydrogens is 504 g/mol. The molecular formula is C27H36N6O6. The predicted octanol–water partition coefficient (Wildman–Crippen LogP) is -0.146. The molecule has 1 aliphatic carbocycles. The predicted molar refractivity (Wildman–Crippen MR) is 141 cm³/mol. The van der Waals surface area contributed by atoms with Gasteiger partial charge in [0.15, 0.2) is 0 Å². The number of rotatable bonds is 2. The van der Waals surface area contributed by atoms with Crippen LogP contribution < -0.4 is 20.7 Å². The van der Waals surface area contributed by atoms with Gasteiger partial charge in [0.2, 0.25) is 11.8 Å². The van der Waals surface area contributed by atoms with Gasteiger partial charge < -0.3 is 30.7 Å². The Bertz CT molecular complexity index is 1260. The number of nitrogens with zero attached hydrogens (tertiary/aromatic N) is 3. The summed E-state index contributed by atoms with van der Waals surface area (Å²) in [6.07, 6.45) is 2.35. The van der Waals surface area contributed by atoms with Crippen molar-refractivity contribution in [1.29, 1.82) is 0 Å². The summed E-state index contributed by atoms with van der Waals surface area (Å²) in [5, 5.41) is 22.8. The van der Waals surface area contributed by atoms with Crippen molar-refractivity contribution in [3.05, 3.63) is 46.3 Å². The lowest BCUT2D eigenvalue weighted by atomic mass is 9.95. The average molecular weight is 541 g/mol. The number of nitrogens with one attached hydrogen (secondary N) is 3. The summed E-state index contributed by atoms with van der Waals surface area (Å²) in [7, 11) is 1.72. The number of carbonyl (C=O) groups excluding carboxylic acids is 4. The maximum absolute atomic E-state index is 13.7. The van der Waals surface area contributed by atoms with Gasteiger partial charge in [-0.15, -0.1) is 0 Å². The van der Waals surface area contributed by atoms with E-state index in [1.54, 1.807) is 29.9 Å². The number of carbonyl (C=O) groups is 4. The summed E-state index contributed by atoms with van der Waals surface area (Å²) < 4.78 is 7.36. The zero-order valence-corrected chi connectivity index (χ0v) is 22.6. The largest absolute Gasteiger partial charge is 0.491 e. The molecule has 210 valence electrons. The molecule has 12 nitrogen and oxygen atoms in total. The van der Waals surface area contributed by atoms with E-state index in [2.05, 4.69) is 21.0 Å². The van der Waals surface area contributed by atoms with Crippen LogP contribution in [0, 0.1) is 6.92 Å². The van der Waals surface area contributed by atoms with Crippen molar-refractivity contribution >= 4 is 23.6 Å². The van der Waals surface area contributed by atoms with Crippen molar-refractivity contribution < 1.29 is 29.0 Å². The SMILES string of the molecule is Cc1ccc2cc1OCCNC(=O)CN(C(=O)c1c3c(nn1C)CCCC3)CCNC(=O)[C@H]([C@@H](C)O)NC2=O. The highest BCUT2D eigenvalue weighted by molar-refractivity contribution is 5.98. The molecule has 0 saturated carbocycles. The van der Waals surface area contributed by atoms with Crippen LogP contribution in [0.15, 0.2) is 18.2 Å². The Hall–Kier alpha value is -3.93. The Labute approximate surface area is 227 Å². The third kappa shape index (κ3) is 6.56. The maximum atomic E-state index is 13.7. The number of ether oxygens (including phenoxy) is 1. The molecule has 0 spiro atoms. The number of aryl methyl sites for hydroxylation is 3. The van der Waals surface area contributed by atoms with Gasteiger partial charge in [0.1, 0.15) is 24.1 Å². The molecule has 1 aliphatic heterocycles. The quantitative estimate of drug-likeness (QED) is 0.413. The van der Waals surface area contributed by atoms with Crippen LogP contribution in [0.2, 0.25) is 0 Å². The second-order valence-corrected chi connectivity index (χ2v) is 9.99. The van der Waals surface area contributed by atoms with Crippen LogP contribution in [0.3, 0.4) is 0 Å². The third-order valence-corrected chi connectivity index (χ3v) is 7.01. The van der Waals surface area contributed by atoms with Crippen LogP contribution >= 0.6 is 0 Å². The molecule has 4 rings (SSSR count). The molecule has 2 aromatic rings. The minimum Gasteiger partial charge on any atom is -0.491 e. The summed E-state index contributed by atoms with van der Waals surface area (Å²) >= 11 is 0. The fourth-order valence-electron chi connectivity index (χ4n) is 4.88. The smallest absolute Gasteiger partial charge is 0.272 e. The molecule has 0 radical (unpaired) electrons. The molecule has 39 heavy (non-hydrogen) atoms. The van der Waals surface area contributed by atoms with Gasteiger partial charge in [-0.25, -0.2) is 0 Å². The first-order valence-corrected chi connectivity index (χ1v) is 13.3. The number of fused-ring (bicyclic) bond motifs is 3. The van der Waals surface area contributed by atoms with Gasteiger partial charge in [-0.2, -0.15) is 5.10 Å². The van der Waals surface area contributed by atoms with Gasteiger partial charge in [-0.05, 0) is 57.2 Å². The van der Waals surface area contributed by atoms with Crippen molar-refractivity contribution in [2.24, 2.45) is 7.05 Å². The Kier molecular flexibility index (Phi) is 8.85. The van der Waals surface area contributed by atoms with Crippen LogP contribution in [0.25, 0.3) is 0 Å². The zero-order chi connectivity index (χ0) is 28.1. The standard InChI is InChI=1S/C27H36N6O6/c1-16-8-9-18-14-21(16)39-13-11-28-22(35)15-33(12-10-29-26(37)23(17(2)34)30-25(18)36)27(38)24-19-6-4-5-7-20(19)31-32(24)3/h8-9,14,17,23,34H,4-7,10-13,15H2,1-3H3,(H,28,35)(H,29,37)(H,30,36)/t17-,23+/m1/s1. The highest BCUT2D eigenvalue weighted by Gasteiger charge is 2.30. The number of aromatic nitrogens is 2. The summed E-state index contributed by atoms with van der Waals surface area (Å²) in [5.41, 5.74) is 3.31. The van der Waals surface area contributed by atoms with Gasteiger partial charge >= 0.3 is 0 Å². The summed E-state index contributed by atoms with van der Waals surface area (Å²) in [4.78, 5) is 53.7. The minimum absolute atomic E-state index is 0.00871. The van der Waals surface area contributed by atoms with Gasteiger partial charge in [0.25, 0.3) is 11.8 Å². The Morgan fingerprint density at radius 1 is 1.15 bits per heavy atom. The molecule has 2 bridgehead atoms. The van der Waals surface area contributed by atoms with Gasteiger partial charge in [-0.3, -0.25) is 23.9 Å². The topological polar surface area (TPSA) is 155 Å².